The highest BCUT2D eigenvalue weighted by molar-refractivity contribution is 7.92. The van der Waals surface area contributed by atoms with Gasteiger partial charge in [0.05, 0.1) is 31.2 Å². The molecule has 162 valence electrons. The number of hydrogen-bond acceptors (Lipinski definition) is 6. The molecule has 0 saturated heterocycles. The van der Waals surface area contributed by atoms with Crippen molar-refractivity contribution in [2.24, 2.45) is 0 Å². The van der Waals surface area contributed by atoms with Crippen molar-refractivity contribution < 1.29 is 27.5 Å². The number of amides is 1. The molecule has 8 nitrogen and oxygen atoms in total. The smallest absolute Gasteiger partial charge is 0.338 e. The number of halogens is 1. The summed E-state index contributed by atoms with van der Waals surface area (Å²) >= 11 is 6.03. The Morgan fingerprint density at radius 2 is 1.80 bits per heavy atom. The molecule has 0 radical (unpaired) electrons. The maximum atomic E-state index is 12.8. The van der Waals surface area contributed by atoms with Gasteiger partial charge >= 0.3 is 5.97 Å². The minimum Gasteiger partial charge on any atom is -0.495 e. The molecule has 0 aromatic heterocycles. The standard InChI is InChI=1S/C20H23ClN2O6S/c1-5-29-20(25)14-6-9-16(10-7-14)22-19(24)13(2)23(30(4,26)27)17-12-15(21)8-11-18(17)28-3/h6-13H,5H2,1-4H3,(H,22,24)/t13-/m1/s1. The van der Waals surface area contributed by atoms with E-state index in [9.17, 15) is 18.0 Å². The lowest BCUT2D eigenvalue weighted by Crippen LogP contribution is -2.45. The van der Waals surface area contributed by atoms with Crippen LogP contribution in [0.4, 0.5) is 11.4 Å². The van der Waals surface area contributed by atoms with Crippen LogP contribution >= 0.6 is 11.6 Å². The summed E-state index contributed by atoms with van der Waals surface area (Å²) in [6.45, 7) is 3.41. The Hall–Kier alpha value is -2.78. The average Bonchev–Trinajstić information content (AvgIpc) is 2.68. The molecule has 2 rings (SSSR count). The maximum Gasteiger partial charge on any atom is 0.338 e. The number of anilines is 2. The van der Waals surface area contributed by atoms with E-state index in [1.807, 2.05) is 0 Å². The summed E-state index contributed by atoms with van der Waals surface area (Å²) in [5.41, 5.74) is 0.878. The minimum absolute atomic E-state index is 0.146. The van der Waals surface area contributed by atoms with Crippen LogP contribution in [0.1, 0.15) is 24.2 Å². The molecule has 1 atom stereocenters. The number of benzene rings is 2. The molecular weight excluding hydrogens is 432 g/mol. The molecule has 0 aliphatic heterocycles. The molecule has 0 saturated carbocycles. The molecule has 10 heteroatoms. The topological polar surface area (TPSA) is 102 Å². The third kappa shape index (κ3) is 5.64. The van der Waals surface area contributed by atoms with Crippen molar-refractivity contribution in [2.45, 2.75) is 19.9 Å². The van der Waals surface area contributed by atoms with Crippen LogP contribution in [0.5, 0.6) is 5.75 Å². The van der Waals surface area contributed by atoms with Crippen molar-refractivity contribution in [3.63, 3.8) is 0 Å². The fourth-order valence-electron chi connectivity index (χ4n) is 2.77. The normalized spacial score (nSPS) is 12.0. The summed E-state index contributed by atoms with van der Waals surface area (Å²) in [7, 11) is -2.46. The van der Waals surface area contributed by atoms with E-state index in [1.54, 1.807) is 13.0 Å². The van der Waals surface area contributed by atoms with Gasteiger partial charge in [-0.1, -0.05) is 11.6 Å². The Balaban J connectivity index is 2.29. The van der Waals surface area contributed by atoms with Crippen LogP contribution in [0.2, 0.25) is 5.02 Å². The lowest BCUT2D eigenvalue weighted by atomic mass is 10.2. The highest BCUT2D eigenvalue weighted by atomic mass is 35.5. The molecule has 0 unspecified atom stereocenters. The van der Waals surface area contributed by atoms with E-state index in [4.69, 9.17) is 21.1 Å². The minimum atomic E-state index is -3.86. The van der Waals surface area contributed by atoms with Gasteiger partial charge in [-0.25, -0.2) is 13.2 Å². The van der Waals surface area contributed by atoms with Crippen molar-refractivity contribution in [3.05, 3.63) is 53.1 Å². The van der Waals surface area contributed by atoms with Crippen molar-refractivity contribution in [2.75, 3.05) is 29.6 Å². The third-order valence-electron chi connectivity index (χ3n) is 4.13. The molecule has 1 N–H and O–H groups in total. The Labute approximate surface area is 180 Å². The molecule has 0 spiro atoms. The second kappa shape index (κ2) is 9.82. The number of rotatable bonds is 8. The first kappa shape index (κ1) is 23.5. The van der Waals surface area contributed by atoms with Gasteiger partial charge in [-0.05, 0) is 56.3 Å². The van der Waals surface area contributed by atoms with E-state index in [1.165, 1.54) is 50.4 Å². The number of esters is 1. The SMILES string of the molecule is CCOC(=O)c1ccc(NC(=O)[C@@H](C)N(c2cc(Cl)ccc2OC)S(C)(=O)=O)cc1. The molecule has 0 aliphatic carbocycles. The molecule has 0 fully saturated rings. The largest absolute Gasteiger partial charge is 0.495 e. The van der Waals surface area contributed by atoms with Gasteiger partial charge in [0.15, 0.2) is 0 Å². The summed E-state index contributed by atoms with van der Waals surface area (Å²) in [5.74, 6) is -0.797. The fraction of sp³-hybridized carbons (Fsp3) is 0.300. The molecule has 0 bridgehead atoms. The van der Waals surface area contributed by atoms with E-state index in [2.05, 4.69) is 5.32 Å². The molecule has 2 aromatic carbocycles. The van der Waals surface area contributed by atoms with Crippen LogP contribution in [0.25, 0.3) is 0 Å². The zero-order valence-electron chi connectivity index (χ0n) is 17.0. The second-order valence-corrected chi connectivity index (χ2v) is 8.63. The molecule has 1 amide bonds. The quantitative estimate of drug-likeness (QED) is 0.614. The number of ether oxygens (including phenoxy) is 2. The zero-order chi connectivity index (χ0) is 22.5. The van der Waals surface area contributed by atoms with Crippen molar-refractivity contribution in [1.29, 1.82) is 0 Å². The van der Waals surface area contributed by atoms with E-state index in [-0.39, 0.29) is 18.0 Å². The number of methoxy groups -OCH3 is 1. The zero-order valence-corrected chi connectivity index (χ0v) is 18.6. The first-order valence-electron chi connectivity index (χ1n) is 8.99. The summed E-state index contributed by atoms with van der Waals surface area (Å²) < 4.78 is 36.1. The van der Waals surface area contributed by atoms with E-state index in [0.29, 0.717) is 16.3 Å². The van der Waals surface area contributed by atoms with Crippen molar-refractivity contribution in [1.82, 2.24) is 0 Å². The predicted octanol–water partition coefficient (Wildman–Crippen LogP) is 3.32. The Kier molecular flexibility index (Phi) is 7.69. The highest BCUT2D eigenvalue weighted by Crippen LogP contribution is 2.34. The van der Waals surface area contributed by atoms with Crippen molar-refractivity contribution in [3.8, 4) is 5.75 Å². The van der Waals surface area contributed by atoms with Gasteiger partial charge < -0.3 is 14.8 Å². The number of hydrogen-bond donors (Lipinski definition) is 1. The van der Waals surface area contributed by atoms with Gasteiger partial charge in [-0.2, -0.15) is 0 Å². The lowest BCUT2D eigenvalue weighted by molar-refractivity contribution is -0.116. The number of sulfonamides is 1. The second-order valence-electron chi connectivity index (χ2n) is 6.34. The van der Waals surface area contributed by atoms with Gasteiger partial charge in [0.2, 0.25) is 15.9 Å². The molecular formula is C20H23ClN2O6S. The van der Waals surface area contributed by atoms with E-state index >= 15 is 0 Å². The number of carbonyl (C=O) groups is 2. The Morgan fingerprint density at radius 3 is 2.33 bits per heavy atom. The average molecular weight is 455 g/mol. The van der Waals surface area contributed by atoms with Crippen LogP contribution in [0.3, 0.4) is 0 Å². The Morgan fingerprint density at radius 1 is 1.17 bits per heavy atom. The van der Waals surface area contributed by atoms with E-state index in [0.717, 1.165) is 10.6 Å². The van der Waals surface area contributed by atoms with Gasteiger partial charge in [0.1, 0.15) is 11.8 Å². The third-order valence-corrected chi connectivity index (χ3v) is 5.59. The first-order valence-corrected chi connectivity index (χ1v) is 11.2. The summed E-state index contributed by atoms with van der Waals surface area (Å²) in [6.07, 6.45) is 0.991. The monoisotopic (exact) mass is 454 g/mol. The summed E-state index contributed by atoms with van der Waals surface area (Å²) in [6, 6.07) is 9.45. The number of carbonyl (C=O) groups excluding carboxylic acids is 2. The van der Waals surface area contributed by atoms with Crippen LogP contribution in [0.15, 0.2) is 42.5 Å². The summed E-state index contributed by atoms with van der Waals surface area (Å²) in [4.78, 5) is 24.5. The maximum absolute atomic E-state index is 12.8. The summed E-state index contributed by atoms with van der Waals surface area (Å²) in [5, 5.41) is 2.94. The van der Waals surface area contributed by atoms with Crippen molar-refractivity contribution >= 4 is 44.9 Å². The van der Waals surface area contributed by atoms with Crippen LogP contribution < -0.4 is 14.4 Å². The first-order chi connectivity index (χ1) is 14.1. The highest BCUT2D eigenvalue weighted by Gasteiger charge is 2.31. The van der Waals surface area contributed by atoms with Crippen LogP contribution in [-0.4, -0.2) is 46.3 Å². The van der Waals surface area contributed by atoms with Gasteiger partial charge in [0, 0.05) is 10.7 Å². The number of nitrogens with zero attached hydrogens (tertiary/aromatic N) is 1. The van der Waals surface area contributed by atoms with Crippen LogP contribution in [0, 0.1) is 0 Å². The van der Waals surface area contributed by atoms with Gasteiger partial charge in [-0.15, -0.1) is 0 Å². The molecule has 0 aliphatic rings. The fourth-order valence-corrected chi connectivity index (χ4v) is 4.10. The number of nitrogens with one attached hydrogen (secondary N) is 1. The van der Waals surface area contributed by atoms with E-state index < -0.39 is 27.9 Å². The molecule has 0 heterocycles. The predicted molar refractivity (Wildman–Crippen MR) is 116 cm³/mol. The van der Waals surface area contributed by atoms with Gasteiger partial charge in [-0.3, -0.25) is 9.10 Å². The molecule has 2 aromatic rings. The van der Waals surface area contributed by atoms with Gasteiger partial charge in [0.25, 0.3) is 0 Å². The lowest BCUT2D eigenvalue weighted by Gasteiger charge is -2.29. The Bertz CT molecular complexity index is 1020. The molecule has 30 heavy (non-hydrogen) atoms. The van der Waals surface area contributed by atoms with Crippen LogP contribution in [-0.2, 0) is 19.6 Å².